The molecule has 0 aliphatic carbocycles. The first-order valence-electron chi connectivity index (χ1n) is 8.95. The molecule has 29 heavy (non-hydrogen) atoms. The van der Waals surface area contributed by atoms with Crippen molar-refractivity contribution in [3.8, 4) is 16.9 Å². The number of benzene rings is 2. The van der Waals surface area contributed by atoms with Crippen LogP contribution in [0.25, 0.3) is 22.2 Å². The molecule has 6 nitrogen and oxygen atoms in total. The van der Waals surface area contributed by atoms with Crippen LogP contribution in [0.15, 0.2) is 65.8 Å². The molecule has 0 saturated carbocycles. The van der Waals surface area contributed by atoms with Gasteiger partial charge < -0.3 is 9.30 Å². The van der Waals surface area contributed by atoms with Gasteiger partial charge in [-0.25, -0.2) is 4.98 Å². The van der Waals surface area contributed by atoms with Crippen LogP contribution < -0.4 is 10.3 Å². The van der Waals surface area contributed by atoms with Crippen molar-refractivity contribution in [2.45, 2.75) is 6.54 Å². The number of nitrogens with zero attached hydrogens (tertiary/aromatic N) is 3. The standard InChI is InChI=1S/C22H18ClN3O3/c1-25-11-18(15-4-3-5-17(10-15)29-2)20-21(25)22(28)26(13-24-20)12-19(27)14-6-8-16(23)9-7-14/h3-11,13H,12H2,1-2H3. The Labute approximate surface area is 171 Å². The molecule has 7 heteroatoms. The number of aryl methyl sites for hydroxylation is 1. The van der Waals surface area contributed by atoms with Gasteiger partial charge in [-0.1, -0.05) is 23.7 Å². The highest BCUT2D eigenvalue weighted by Crippen LogP contribution is 2.29. The topological polar surface area (TPSA) is 66.1 Å². The number of ketones is 1. The van der Waals surface area contributed by atoms with Crippen LogP contribution in [0.3, 0.4) is 0 Å². The monoisotopic (exact) mass is 407 g/mol. The quantitative estimate of drug-likeness (QED) is 0.470. The van der Waals surface area contributed by atoms with Gasteiger partial charge in [0.1, 0.15) is 16.8 Å². The Balaban J connectivity index is 1.74. The summed E-state index contributed by atoms with van der Waals surface area (Å²) in [4.78, 5) is 30.1. The van der Waals surface area contributed by atoms with Gasteiger partial charge in [0.2, 0.25) is 0 Å². The van der Waals surface area contributed by atoms with Crippen molar-refractivity contribution in [2.24, 2.45) is 7.05 Å². The highest BCUT2D eigenvalue weighted by Gasteiger charge is 2.16. The number of methoxy groups -OCH3 is 1. The van der Waals surface area contributed by atoms with Gasteiger partial charge in [-0.3, -0.25) is 14.2 Å². The molecule has 0 atom stereocenters. The fourth-order valence-electron chi connectivity index (χ4n) is 3.31. The van der Waals surface area contributed by atoms with E-state index in [0.29, 0.717) is 21.6 Å². The van der Waals surface area contributed by atoms with Gasteiger partial charge in [0, 0.05) is 29.4 Å². The van der Waals surface area contributed by atoms with Crippen molar-refractivity contribution < 1.29 is 9.53 Å². The lowest BCUT2D eigenvalue weighted by atomic mass is 10.1. The number of Topliss-reactive ketones (excluding diaryl/α,β-unsaturated/α-hetero) is 1. The molecule has 0 unspecified atom stereocenters. The van der Waals surface area contributed by atoms with Crippen LogP contribution in [-0.4, -0.2) is 27.0 Å². The summed E-state index contributed by atoms with van der Waals surface area (Å²) in [6.07, 6.45) is 3.28. The van der Waals surface area contributed by atoms with Gasteiger partial charge in [-0.15, -0.1) is 0 Å². The van der Waals surface area contributed by atoms with E-state index < -0.39 is 0 Å². The maximum Gasteiger partial charge on any atom is 0.278 e. The fraction of sp³-hybridized carbons (Fsp3) is 0.136. The largest absolute Gasteiger partial charge is 0.497 e. The second-order valence-corrected chi connectivity index (χ2v) is 7.13. The summed E-state index contributed by atoms with van der Waals surface area (Å²) < 4.78 is 8.36. The molecule has 0 amide bonds. The number of aromatic nitrogens is 3. The molecule has 0 aliphatic heterocycles. The number of hydrogen-bond donors (Lipinski definition) is 0. The molecular formula is C22H18ClN3O3. The smallest absolute Gasteiger partial charge is 0.278 e. The van der Waals surface area contributed by atoms with Crippen LogP contribution in [0.1, 0.15) is 10.4 Å². The third-order valence-electron chi connectivity index (χ3n) is 4.81. The van der Waals surface area contributed by atoms with Gasteiger partial charge in [0.05, 0.1) is 20.0 Å². The molecule has 2 aromatic carbocycles. The molecule has 0 N–H and O–H groups in total. The van der Waals surface area contributed by atoms with Crippen LogP contribution in [0, 0.1) is 0 Å². The average molecular weight is 408 g/mol. The van der Waals surface area contributed by atoms with E-state index in [-0.39, 0.29) is 17.9 Å². The van der Waals surface area contributed by atoms with Crippen LogP contribution in [-0.2, 0) is 13.6 Å². The molecule has 0 fully saturated rings. The lowest BCUT2D eigenvalue weighted by Crippen LogP contribution is -2.25. The second-order valence-electron chi connectivity index (χ2n) is 6.69. The molecule has 0 radical (unpaired) electrons. The third-order valence-corrected chi connectivity index (χ3v) is 5.06. The highest BCUT2D eigenvalue weighted by atomic mass is 35.5. The minimum absolute atomic E-state index is 0.0942. The maximum atomic E-state index is 13.0. The van der Waals surface area contributed by atoms with Gasteiger partial charge in [0.15, 0.2) is 5.78 Å². The zero-order valence-corrected chi connectivity index (χ0v) is 16.7. The summed E-state index contributed by atoms with van der Waals surface area (Å²) in [7, 11) is 3.40. The molecule has 0 bridgehead atoms. The van der Waals surface area contributed by atoms with Crippen LogP contribution in [0.4, 0.5) is 0 Å². The zero-order chi connectivity index (χ0) is 20.5. The predicted molar refractivity (Wildman–Crippen MR) is 113 cm³/mol. The van der Waals surface area contributed by atoms with E-state index in [1.165, 1.54) is 10.9 Å². The van der Waals surface area contributed by atoms with Gasteiger partial charge in [-0.2, -0.15) is 0 Å². The first kappa shape index (κ1) is 19.0. The fourth-order valence-corrected chi connectivity index (χ4v) is 3.43. The Morgan fingerprint density at radius 1 is 1.17 bits per heavy atom. The third kappa shape index (κ3) is 3.54. The highest BCUT2D eigenvalue weighted by molar-refractivity contribution is 6.30. The minimum Gasteiger partial charge on any atom is -0.497 e. The van der Waals surface area contributed by atoms with Crippen molar-refractivity contribution in [3.05, 3.63) is 82.0 Å². The summed E-state index contributed by atoms with van der Waals surface area (Å²) in [6.45, 7) is -0.0942. The summed E-state index contributed by atoms with van der Waals surface area (Å²) in [5.74, 6) is 0.536. The molecule has 4 aromatic rings. The number of halogens is 1. The van der Waals surface area contributed by atoms with E-state index in [0.717, 1.165) is 16.9 Å². The van der Waals surface area contributed by atoms with E-state index >= 15 is 0 Å². The van der Waals surface area contributed by atoms with Crippen molar-refractivity contribution in [3.63, 3.8) is 0 Å². The first-order valence-corrected chi connectivity index (χ1v) is 9.33. The second kappa shape index (κ2) is 7.56. The van der Waals surface area contributed by atoms with E-state index in [4.69, 9.17) is 16.3 Å². The normalized spacial score (nSPS) is 11.0. The van der Waals surface area contributed by atoms with E-state index in [1.54, 1.807) is 43.0 Å². The van der Waals surface area contributed by atoms with Crippen LogP contribution in [0.2, 0.25) is 5.02 Å². The SMILES string of the molecule is COc1cccc(-c2cn(C)c3c(=O)n(CC(=O)c4ccc(Cl)cc4)cnc23)c1. The Hall–Kier alpha value is -3.38. The molecule has 0 saturated heterocycles. The number of carbonyl (C=O) groups excluding carboxylic acids is 1. The number of rotatable bonds is 5. The van der Waals surface area contributed by atoms with Crippen LogP contribution >= 0.6 is 11.6 Å². The summed E-state index contributed by atoms with van der Waals surface area (Å²) in [5, 5.41) is 0.552. The maximum absolute atomic E-state index is 13.0. The van der Waals surface area contributed by atoms with Crippen molar-refractivity contribution in [1.82, 2.24) is 14.1 Å². The molecule has 0 spiro atoms. The Bertz CT molecular complexity index is 1270. The zero-order valence-electron chi connectivity index (χ0n) is 15.9. The minimum atomic E-state index is -0.269. The van der Waals surface area contributed by atoms with Crippen molar-refractivity contribution >= 4 is 28.4 Å². The molecule has 0 aliphatic rings. The molecule has 146 valence electrons. The first-order chi connectivity index (χ1) is 14.0. The van der Waals surface area contributed by atoms with Gasteiger partial charge >= 0.3 is 0 Å². The van der Waals surface area contributed by atoms with Crippen molar-refractivity contribution in [1.29, 1.82) is 0 Å². The van der Waals surface area contributed by atoms with Gasteiger partial charge in [-0.05, 0) is 42.0 Å². The predicted octanol–water partition coefficient (Wildman–Crippen LogP) is 3.95. The van der Waals surface area contributed by atoms with Crippen LogP contribution in [0.5, 0.6) is 5.75 Å². The molecule has 2 aromatic heterocycles. The Kier molecular flexibility index (Phi) is 4.94. The van der Waals surface area contributed by atoms with E-state index in [1.807, 2.05) is 30.5 Å². The molecule has 2 heterocycles. The summed E-state index contributed by atoms with van der Waals surface area (Å²) >= 11 is 5.87. The van der Waals surface area contributed by atoms with Gasteiger partial charge in [0.25, 0.3) is 5.56 Å². The average Bonchev–Trinajstić information content (AvgIpc) is 3.07. The van der Waals surface area contributed by atoms with Crippen molar-refractivity contribution in [2.75, 3.05) is 7.11 Å². The molecule has 4 rings (SSSR count). The number of carbonyl (C=O) groups is 1. The summed E-state index contributed by atoms with van der Waals surface area (Å²) in [5.41, 5.74) is 2.97. The number of ether oxygens (including phenoxy) is 1. The Morgan fingerprint density at radius 2 is 1.93 bits per heavy atom. The van der Waals surface area contributed by atoms with E-state index in [2.05, 4.69) is 4.98 Å². The lowest BCUT2D eigenvalue weighted by molar-refractivity contribution is 0.0970. The summed E-state index contributed by atoms with van der Waals surface area (Å²) in [6, 6.07) is 14.2. The van der Waals surface area contributed by atoms with E-state index in [9.17, 15) is 9.59 Å². The molecular weight excluding hydrogens is 390 g/mol. The Morgan fingerprint density at radius 3 is 2.66 bits per heavy atom. The number of hydrogen-bond acceptors (Lipinski definition) is 4. The number of fused-ring (bicyclic) bond motifs is 1. The lowest BCUT2D eigenvalue weighted by Gasteiger charge is -2.06.